The molecule has 1 aromatic carbocycles. The number of thiocarbonyl (C=S) groups is 1. The van der Waals surface area contributed by atoms with Crippen LogP contribution in [0.5, 0.6) is 0 Å². The van der Waals surface area contributed by atoms with Crippen molar-refractivity contribution in [2.24, 2.45) is 7.05 Å². The fraction of sp³-hybridized carbons (Fsp3) is 0.385. The first-order valence-electron chi connectivity index (χ1n) is 11.9. The number of benzene rings is 1. The van der Waals surface area contributed by atoms with E-state index in [4.69, 9.17) is 12.2 Å². The van der Waals surface area contributed by atoms with E-state index in [1.165, 1.54) is 28.5 Å². The second-order valence-corrected chi connectivity index (χ2v) is 10.5. The Morgan fingerprint density at radius 2 is 1.78 bits per heavy atom. The van der Waals surface area contributed by atoms with Crippen LogP contribution in [-0.2, 0) is 11.8 Å². The van der Waals surface area contributed by atoms with E-state index in [-0.39, 0.29) is 22.8 Å². The van der Waals surface area contributed by atoms with Gasteiger partial charge in [-0.1, -0.05) is 37.3 Å². The third-order valence-electron chi connectivity index (χ3n) is 6.62. The fourth-order valence-electron chi connectivity index (χ4n) is 4.56. The van der Waals surface area contributed by atoms with Gasteiger partial charge in [0.1, 0.15) is 27.6 Å². The Bertz CT molecular complexity index is 1320. The molecule has 0 radical (unpaired) electrons. The molecule has 0 aliphatic carbocycles. The van der Waals surface area contributed by atoms with Crippen LogP contribution in [0, 0.1) is 24.1 Å². The van der Waals surface area contributed by atoms with Crippen LogP contribution < -0.4 is 15.4 Å². The van der Waals surface area contributed by atoms with E-state index in [1.54, 1.807) is 37.1 Å². The minimum Gasteiger partial charge on any atom is -0.368 e. The molecule has 0 saturated carbocycles. The molecule has 0 spiro atoms. The maximum absolute atomic E-state index is 13.3. The number of carbonyl (C=O) groups excluding carboxylic acids is 1. The van der Waals surface area contributed by atoms with Gasteiger partial charge in [-0.25, -0.2) is 4.39 Å². The Morgan fingerprint density at radius 1 is 1.14 bits per heavy atom. The number of nitrogens with zero attached hydrogens (tertiary/aromatic N) is 5. The van der Waals surface area contributed by atoms with Crippen molar-refractivity contribution in [2.45, 2.75) is 26.7 Å². The van der Waals surface area contributed by atoms with E-state index >= 15 is 0 Å². The fourth-order valence-corrected chi connectivity index (χ4v) is 5.85. The van der Waals surface area contributed by atoms with Crippen LogP contribution in [0.1, 0.15) is 36.5 Å². The van der Waals surface area contributed by atoms with E-state index in [9.17, 15) is 19.2 Å². The molecular formula is C26H28FN5O2S2. The third-order valence-corrected chi connectivity index (χ3v) is 8.00. The van der Waals surface area contributed by atoms with E-state index in [2.05, 4.69) is 16.7 Å². The minimum atomic E-state index is -0.362. The molecule has 36 heavy (non-hydrogen) atoms. The predicted octanol–water partition coefficient (Wildman–Crippen LogP) is 4.03. The van der Waals surface area contributed by atoms with Crippen LogP contribution >= 0.6 is 24.0 Å². The van der Waals surface area contributed by atoms with Crippen molar-refractivity contribution in [2.75, 3.05) is 42.5 Å². The number of amides is 1. The summed E-state index contributed by atoms with van der Waals surface area (Å²) in [6.45, 7) is 6.98. The number of rotatable bonds is 6. The Kier molecular flexibility index (Phi) is 7.81. The summed E-state index contributed by atoms with van der Waals surface area (Å²) in [5.41, 5.74) is 1.88. The molecule has 0 atom stereocenters. The lowest BCUT2D eigenvalue weighted by Gasteiger charge is -2.38. The second kappa shape index (κ2) is 10.8. The molecule has 2 saturated heterocycles. The summed E-state index contributed by atoms with van der Waals surface area (Å²) in [5, 5.41) is 9.69. The average molecular weight is 526 g/mol. The van der Waals surface area contributed by atoms with Gasteiger partial charge in [0.15, 0.2) is 0 Å². The predicted molar refractivity (Wildman–Crippen MR) is 147 cm³/mol. The van der Waals surface area contributed by atoms with Gasteiger partial charge in [-0.15, -0.1) is 0 Å². The second-order valence-electron chi connectivity index (χ2n) is 8.85. The molecule has 10 heteroatoms. The summed E-state index contributed by atoms with van der Waals surface area (Å²) >= 11 is 6.71. The van der Waals surface area contributed by atoms with E-state index in [1.807, 2.05) is 6.07 Å². The Morgan fingerprint density at radius 3 is 2.39 bits per heavy atom. The number of thioether (sulfide) groups is 1. The highest BCUT2D eigenvalue weighted by Crippen LogP contribution is 2.36. The lowest BCUT2D eigenvalue weighted by molar-refractivity contribution is -0.122. The van der Waals surface area contributed by atoms with Crippen molar-refractivity contribution in [3.8, 4) is 6.07 Å². The van der Waals surface area contributed by atoms with Gasteiger partial charge in [0, 0.05) is 51.0 Å². The Balaban J connectivity index is 1.70. The minimum absolute atomic E-state index is 0.0684. The number of halogens is 1. The van der Waals surface area contributed by atoms with Gasteiger partial charge in [-0.05, 0) is 49.2 Å². The first-order valence-corrected chi connectivity index (χ1v) is 13.1. The zero-order chi connectivity index (χ0) is 26.0. The summed E-state index contributed by atoms with van der Waals surface area (Å²) < 4.78 is 15.4. The van der Waals surface area contributed by atoms with E-state index in [0.717, 1.165) is 18.5 Å². The van der Waals surface area contributed by atoms with Gasteiger partial charge >= 0.3 is 0 Å². The number of piperazine rings is 1. The largest absolute Gasteiger partial charge is 0.368 e. The zero-order valence-corrected chi connectivity index (χ0v) is 22.2. The third kappa shape index (κ3) is 4.90. The molecule has 0 bridgehead atoms. The Hall–Kier alpha value is -3.16. The number of hydrogen-bond donors (Lipinski definition) is 0. The summed E-state index contributed by atoms with van der Waals surface area (Å²) in [5.74, 6) is 0.261. The van der Waals surface area contributed by atoms with Crippen LogP contribution in [0.15, 0.2) is 34.0 Å². The summed E-state index contributed by atoms with van der Waals surface area (Å²) in [6, 6.07) is 8.46. The summed E-state index contributed by atoms with van der Waals surface area (Å²) in [7, 11) is 1.66. The highest BCUT2D eigenvalue weighted by molar-refractivity contribution is 8.26. The molecule has 7 nitrogen and oxygen atoms in total. The number of hydrogen-bond acceptors (Lipinski definition) is 7. The standard InChI is InChI=1S/C26H28FN5O2S2/c1-4-5-10-32-25(34)22(36-26(32)35)15-20-17(2)21(16-28)24(33)29(3)23(20)31-13-11-30(12-14-31)19-8-6-18(27)7-9-19/h6-9,15H,4-5,10-14H2,1-3H3. The SMILES string of the molecule is CCCCN1C(=O)C(=Cc2c(C)c(C#N)c(=O)n(C)c2N2CCN(c3ccc(F)cc3)CC2)SC1=S. The number of aromatic nitrogens is 1. The lowest BCUT2D eigenvalue weighted by atomic mass is 10.0. The number of unbranched alkanes of at least 4 members (excludes halogenated alkanes) is 1. The van der Waals surface area contributed by atoms with Gasteiger partial charge in [0.25, 0.3) is 11.5 Å². The number of nitriles is 1. The number of pyridine rings is 1. The smallest absolute Gasteiger partial charge is 0.270 e. The lowest BCUT2D eigenvalue weighted by Crippen LogP contribution is -2.48. The molecule has 4 rings (SSSR count). The van der Waals surface area contributed by atoms with Gasteiger partial charge in [0.2, 0.25) is 0 Å². The van der Waals surface area contributed by atoms with Gasteiger partial charge in [-0.2, -0.15) is 5.26 Å². The monoisotopic (exact) mass is 525 g/mol. The molecule has 0 unspecified atom stereocenters. The highest BCUT2D eigenvalue weighted by Gasteiger charge is 2.33. The van der Waals surface area contributed by atoms with Gasteiger partial charge < -0.3 is 9.80 Å². The summed E-state index contributed by atoms with van der Waals surface area (Å²) in [6.07, 6.45) is 3.60. The van der Waals surface area contributed by atoms with Gasteiger partial charge in [-0.3, -0.25) is 19.1 Å². The first kappa shape index (κ1) is 25.9. The van der Waals surface area contributed by atoms with Crippen molar-refractivity contribution >= 4 is 51.8 Å². The van der Waals surface area contributed by atoms with Crippen LogP contribution in [0.3, 0.4) is 0 Å². The maximum Gasteiger partial charge on any atom is 0.270 e. The molecule has 188 valence electrons. The van der Waals surface area contributed by atoms with Crippen LogP contribution in [-0.4, -0.2) is 52.4 Å². The van der Waals surface area contributed by atoms with Crippen molar-refractivity contribution in [3.05, 3.63) is 62.0 Å². The molecule has 1 amide bonds. The quantitative estimate of drug-likeness (QED) is 0.417. The van der Waals surface area contributed by atoms with Crippen molar-refractivity contribution in [1.82, 2.24) is 9.47 Å². The average Bonchev–Trinajstić information content (AvgIpc) is 3.14. The molecule has 0 N–H and O–H groups in total. The number of carbonyl (C=O) groups is 1. The van der Waals surface area contributed by atoms with Crippen molar-refractivity contribution in [3.63, 3.8) is 0 Å². The van der Waals surface area contributed by atoms with Crippen molar-refractivity contribution in [1.29, 1.82) is 5.26 Å². The first-order chi connectivity index (χ1) is 17.3. The summed E-state index contributed by atoms with van der Waals surface area (Å²) in [4.78, 5) is 32.5. The highest BCUT2D eigenvalue weighted by atomic mass is 32.2. The number of anilines is 2. The topological polar surface area (TPSA) is 72.6 Å². The van der Waals surface area contributed by atoms with Crippen LogP contribution in [0.4, 0.5) is 15.9 Å². The molecule has 3 heterocycles. The molecule has 2 fully saturated rings. The van der Waals surface area contributed by atoms with Crippen LogP contribution in [0.2, 0.25) is 0 Å². The maximum atomic E-state index is 13.3. The zero-order valence-electron chi connectivity index (χ0n) is 20.6. The molecular weight excluding hydrogens is 497 g/mol. The van der Waals surface area contributed by atoms with Crippen molar-refractivity contribution < 1.29 is 9.18 Å². The molecule has 2 aliphatic rings. The van der Waals surface area contributed by atoms with E-state index < -0.39 is 0 Å². The van der Waals surface area contributed by atoms with Gasteiger partial charge in [0.05, 0.1) is 4.91 Å². The van der Waals surface area contributed by atoms with E-state index in [0.29, 0.717) is 58.9 Å². The Labute approximate surface area is 219 Å². The molecule has 2 aromatic rings. The molecule has 2 aliphatic heterocycles. The normalized spacial score (nSPS) is 17.3. The molecule has 1 aromatic heterocycles. The van der Waals surface area contributed by atoms with Crippen LogP contribution in [0.25, 0.3) is 6.08 Å².